The number of benzene rings is 1. The van der Waals surface area contributed by atoms with Gasteiger partial charge in [-0.3, -0.25) is 4.79 Å². The van der Waals surface area contributed by atoms with E-state index in [0.717, 1.165) is 42.7 Å². The Morgan fingerprint density at radius 2 is 2.13 bits per heavy atom. The van der Waals surface area contributed by atoms with E-state index in [2.05, 4.69) is 21.4 Å². The monoisotopic (exact) mass is 311 g/mol. The molecule has 23 heavy (non-hydrogen) atoms. The van der Waals surface area contributed by atoms with E-state index in [1.54, 1.807) is 0 Å². The molecule has 1 aliphatic rings. The molecule has 0 aliphatic heterocycles. The Kier molecular flexibility index (Phi) is 5.46. The van der Waals surface area contributed by atoms with Crippen LogP contribution in [0.25, 0.3) is 11.0 Å². The van der Waals surface area contributed by atoms with Gasteiger partial charge in [-0.25, -0.2) is 4.98 Å². The molecule has 4 nitrogen and oxygen atoms in total. The van der Waals surface area contributed by atoms with E-state index in [0.29, 0.717) is 6.42 Å². The van der Waals surface area contributed by atoms with E-state index in [4.69, 9.17) is 0 Å². The van der Waals surface area contributed by atoms with Crippen LogP contribution in [0.5, 0.6) is 0 Å². The van der Waals surface area contributed by atoms with Gasteiger partial charge in [-0.15, -0.1) is 0 Å². The molecule has 0 fully saturated rings. The zero-order chi connectivity index (χ0) is 15.9. The van der Waals surface area contributed by atoms with E-state index in [-0.39, 0.29) is 5.91 Å². The number of aromatic amines is 1. The molecule has 2 aromatic rings. The van der Waals surface area contributed by atoms with E-state index >= 15 is 0 Å². The van der Waals surface area contributed by atoms with E-state index in [1.165, 1.54) is 31.3 Å². The van der Waals surface area contributed by atoms with Gasteiger partial charge in [0, 0.05) is 19.4 Å². The summed E-state index contributed by atoms with van der Waals surface area (Å²) in [6.45, 7) is 0.773. The average Bonchev–Trinajstić information content (AvgIpc) is 2.98. The Labute approximate surface area is 137 Å². The summed E-state index contributed by atoms with van der Waals surface area (Å²) < 4.78 is 0. The van der Waals surface area contributed by atoms with Crippen molar-refractivity contribution in [2.24, 2.45) is 0 Å². The van der Waals surface area contributed by atoms with Crippen molar-refractivity contribution in [2.45, 2.75) is 51.4 Å². The molecule has 0 atom stereocenters. The molecule has 1 aromatic carbocycles. The molecule has 1 aliphatic carbocycles. The van der Waals surface area contributed by atoms with Crippen LogP contribution < -0.4 is 5.32 Å². The molecule has 122 valence electrons. The minimum atomic E-state index is 0.150. The molecule has 0 saturated carbocycles. The summed E-state index contributed by atoms with van der Waals surface area (Å²) in [6.07, 6.45) is 10.6. The highest BCUT2D eigenvalue weighted by Gasteiger charge is 2.06. The van der Waals surface area contributed by atoms with Crippen molar-refractivity contribution in [2.75, 3.05) is 6.54 Å². The predicted molar refractivity (Wildman–Crippen MR) is 93.2 cm³/mol. The summed E-state index contributed by atoms with van der Waals surface area (Å²) in [5, 5.41) is 3.03. The third-order valence-corrected chi connectivity index (χ3v) is 4.41. The van der Waals surface area contributed by atoms with Crippen molar-refractivity contribution in [3.63, 3.8) is 0 Å². The van der Waals surface area contributed by atoms with Crippen molar-refractivity contribution in [3.05, 3.63) is 41.7 Å². The van der Waals surface area contributed by atoms with Crippen LogP contribution in [0.3, 0.4) is 0 Å². The number of aryl methyl sites for hydroxylation is 1. The molecule has 3 rings (SSSR count). The summed E-state index contributed by atoms with van der Waals surface area (Å²) in [5.74, 6) is 1.11. The number of nitrogens with zero attached hydrogens (tertiary/aromatic N) is 1. The smallest absolute Gasteiger partial charge is 0.220 e. The number of allylic oxidation sites excluding steroid dienone is 1. The molecule has 0 radical (unpaired) electrons. The van der Waals surface area contributed by atoms with Gasteiger partial charge in [0.15, 0.2) is 0 Å². The first-order chi connectivity index (χ1) is 11.3. The molecule has 4 heteroatoms. The summed E-state index contributed by atoms with van der Waals surface area (Å²) >= 11 is 0. The number of hydrogen-bond donors (Lipinski definition) is 2. The number of rotatable bonds is 7. The first kappa shape index (κ1) is 15.8. The van der Waals surface area contributed by atoms with Gasteiger partial charge in [-0.2, -0.15) is 0 Å². The normalized spacial score (nSPS) is 14.7. The summed E-state index contributed by atoms with van der Waals surface area (Å²) in [4.78, 5) is 19.7. The zero-order valence-corrected chi connectivity index (χ0v) is 13.6. The summed E-state index contributed by atoms with van der Waals surface area (Å²) in [6, 6.07) is 8.02. The SMILES string of the molecule is O=C(CCCc1nc2ccccc2[nH]1)NCCC1=CCCCC1. The number of carbonyl (C=O) groups excluding carboxylic acids is 1. The highest BCUT2D eigenvalue weighted by atomic mass is 16.1. The number of fused-ring (bicyclic) bond motifs is 1. The fraction of sp³-hybridized carbons (Fsp3) is 0.474. The Hall–Kier alpha value is -2.10. The lowest BCUT2D eigenvalue weighted by Gasteiger charge is -2.12. The Balaban J connectivity index is 1.35. The van der Waals surface area contributed by atoms with Crippen LogP contribution in [-0.2, 0) is 11.2 Å². The van der Waals surface area contributed by atoms with Gasteiger partial charge in [-0.05, 0) is 50.7 Å². The van der Waals surface area contributed by atoms with Gasteiger partial charge in [0.2, 0.25) is 5.91 Å². The number of nitrogens with one attached hydrogen (secondary N) is 2. The van der Waals surface area contributed by atoms with Gasteiger partial charge in [0.25, 0.3) is 0 Å². The van der Waals surface area contributed by atoms with Gasteiger partial charge in [0.1, 0.15) is 5.82 Å². The van der Waals surface area contributed by atoms with E-state index < -0.39 is 0 Å². The highest BCUT2D eigenvalue weighted by Crippen LogP contribution is 2.19. The van der Waals surface area contributed by atoms with Gasteiger partial charge in [-0.1, -0.05) is 23.8 Å². The van der Waals surface area contributed by atoms with Crippen molar-refractivity contribution in [1.29, 1.82) is 0 Å². The number of hydrogen-bond acceptors (Lipinski definition) is 2. The van der Waals surface area contributed by atoms with Crippen molar-refractivity contribution in [3.8, 4) is 0 Å². The van der Waals surface area contributed by atoms with Crippen LogP contribution in [0.2, 0.25) is 0 Å². The van der Waals surface area contributed by atoms with Crippen LogP contribution in [0, 0.1) is 0 Å². The topological polar surface area (TPSA) is 57.8 Å². The summed E-state index contributed by atoms with van der Waals surface area (Å²) in [7, 11) is 0. The second kappa shape index (κ2) is 7.95. The van der Waals surface area contributed by atoms with E-state index in [1.807, 2.05) is 24.3 Å². The lowest BCUT2D eigenvalue weighted by Crippen LogP contribution is -2.24. The quantitative estimate of drug-likeness (QED) is 0.762. The van der Waals surface area contributed by atoms with Gasteiger partial charge >= 0.3 is 0 Å². The molecular formula is C19H25N3O. The standard InChI is InChI=1S/C19H25N3O/c23-19(20-14-13-15-7-2-1-3-8-15)12-6-11-18-21-16-9-4-5-10-17(16)22-18/h4-5,7,9-10H,1-3,6,8,11-14H2,(H,20,23)(H,21,22). The molecular weight excluding hydrogens is 286 g/mol. The Morgan fingerprint density at radius 3 is 2.96 bits per heavy atom. The number of amides is 1. The van der Waals surface area contributed by atoms with Crippen molar-refractivity contribution < 1.29 is 4.79 Å². The third kappa shape index (κ3) is 4.68. The molecule has 0 bridgehead atoms. The molecule has 1 aromatic heterocycles. The zero-order valence-electron chi connectivity index (χ0n) is 13.6. The third-order valence-electron chi connectivity index (χ3n) is 4.41. The fourth-order valence-electron chi connectivity index (χ4n) is 3.12. The van der Waals surface area contributed by atoms with E-state index in [9.17, 15) is 4.79 Å². The molecule has 0 unspecified atom stereocenters. The maximum Gasteiger partial charge on any atom is 0.220 e. The lowest BCUT2D eigenvalue weighted by atomic mass is 9.97. The second-order valence-corrected chi connectivity index (χ2v) is 6.26. The van der Waals surface area contributed by atoms with Crippen LogP contribution in [-0.4, -0.2) is 22.4 Å². The second-order valence-electron chi connectivity index (χ2n) is 6.26. The van der Waals surface area contributed by atoms with Crippen LogP contribution in [0.15, 0.2) is 35.9 Å². The average molecular weight is 311 g/mol. The minimum absolute atomic E-state index is 0.150. The number of imidazole rings is 1. The number of para-hydroxylation sites is 2. The molecule has 0 spiro atoms. The predicted octanol–water partition coefficient (Wildman–Crippen LogP) is 3.89. The highest BCUT2D eigenvalue weighted by molar-refractivity contribution is 5.76. The first-order valence-corrected chi connectivity index (χ1v) is 8.69. The van der Waals surface area contributed by atoms with Crippen LogP contribution in [0.4, 0.5) is 0 Å². The summed E-state index contributed by atoms with van der Waals surface area (Å²) in [5.41, 5.74) is 3.57. The van der Waals surface area contributed by atoms with Crippen LogP contribution in [0.1, 0.15) is 50.8 Å². The fourth-order valence-corrected chi connectivity index (χ4v) is 3.12. The molecule has 1 heterocycles. The first-order valence-electron chi connectivity index (χ1n) is 8.69. The van der Waals surface area contributed by atoms with Gasteiger partial charge < -0.3 is 10.3 Å². The Bertz CT molecular complexity index is 654. The molecule has 1 amide bonds. The largest absolute Gasteiger partial charge is 0.356 e. The number of aromatic nitrogens is 2. The molecule has 0 saturated heterocycles. The van der Waals surface area contributed by atoms with Crippen molar-refractivity contribution >= 4 is 16.9 Å². The maximum atomic E-state index is 11.9. The Morgan fingerprint density at radius 1 is 1.22 bits per heavy atom. The maximum absolute atomic E-state index is 11.9. The van der Waals surface area contributed by atoms with Crippen molar-refractivity contribution in [1.82, 2.24) is 15.3 Å². The minimum Gasteiger partial charge on any atom is -0.356 e. The van der Waals surface area contributed by atoms with Gasteiger partial charge in [0.05, 0.1) is 11.0 Å². The number of H-pyrrole nitrogens is 1. The molecule has 2 N–H and O–H groups in total. The van der Waals surface area contributed by atoms with Crippen LogP contribution >= 0.6 is 0 Å². The number of carbonyl (C=O) groups is 1. The lowest BCUT2D eigenvalue weighted by molar-refractivity contribution is -0.121.